The van der Waals surface area contributed by atoms with Gasteiger partial charge in [0.05, 0.1) is 6.10 Å². The van der Waals surface area contributed by atoms with Crippen molar-refractivity contribution >= 4 is 17.3 Å². The van der Waals surface area contributed by atoms with Crippen molar-refractivity contribution < 1.29 is 9.13 Å². The van der Waals surface area contributed by atoms with Crippen LogP contribution in [-0.2, 0) is 6.54 Å². The lowest BCUT2D eigenvalue weighted by Gasteiger charge is -2.14. The summed E-state index contributed by atoms with van der Waals surface area (Å²) in [4.78, 5) is 0. The summed E-state index contributed by atoms with van der Waals surface area (Å²) in [6.45, 7) is 6.36. The van der Waals surface area contributed by atoms with E-state index in [4.69, 9.17) is 16.3 Å². The number of nitrogens with one attached hydrogen (secondary N) is 1. The average Bonchev–Trinajstić information content (AvgIpc) is 2.41. The number of benzene rings is 2. The molecule has 2 aromatic carbocycles. The molecule has 0 radical (unpaired) electrons. The molecule has 0 bridgehead atoms. The third kappa shape index (κ3) is 4.36. The van der Waals surface area contributed by atoms with Crippen LogP contribution in [0.25, 0.3) is 0 Å². The second-order valence-corrected chi connectivity index (χ2v) is 5.67. The molecular weight excluding hydrogens is 289 g/mol. The summed E-state index contributed by atoms with van der Waals surface area (Å²) in [5.74, 6) is 0.575. The first-order chi connectivity index (χ1) is 9.95. The SMILES string of the molecule is Cc1cc(OC(C)C)ccc1NCc1cc(Cl)ccc1F. The van der Waals surface area contributed by atoms with Crippen molar-refractivity contribution in [2.24, 2.45) is 0 Å². The highest BCUT2D eigenvalue weighted by atomic mass is 35.5. The van der Waals surface area contributed by atoms with Crippen molar-refractivity contribution in [1.29, 1.82) is 0 Å². The molecule has 0 atom stereocenters. The number of rotatable bonds is 5. The van der Waals surface area contributed by atoms with Crippen LogP contribution in [0.5, 0.6) is 5.75 Å². The number of hydrogen-bond acceptors (Lipinski definition) is 2. The summed E-state index contributed by atoms with van der Waals surface area (Å²) in [6, 6.07) is 10.4. The van der Waals surface area contributed by atoms with Crippen LogP contribution in [0.1, 0.15) is 25.0 Å². The van der Waals surface area contributed by atoms with Crippen LogP contribution in [0.15, 0.2) is 36.4 Å². The Labute approximate surface area is 129 Å². The summed E-state index contributed by atoms with van der Waals surface area (Å²) in [5, 5.41) is 3.76. The van der Waals surface area contributed by atoms with E-state index < -0.39 is 0 Å². The Morgan fingerprint density at radius 1 is 1.19 bits per heavy atom. The van der Waals surface area contributed by atoms with Gasteiger partial charge in [-0.25, -0.2) is 4.39 Å². The molecule has 0 aromatic heterocycles. The van der Waals surface area contributed by atoms with E-state index in [1.54, 1.807) is 12.1 Å². The summed E-state index contributed by atoms with van der Waals surface area (Å²) < 4.78 is 19.3. The maximum atomic E-state index is 13.7. The fourth-order valence-electron chi connectivity index (χ4n) is 2.05. The Morgan fingerprint density at radius 3 is 2.62 bits per heavy atom. The topological polar surface area (TPSA) is 21.3 Å². The van der Waals surface area contributed by atoms with Gasteiger partial charge >= 0.3 is 0 Å². The molecule has 0 unspecified atom stereocenters. The van der Waals surface area contributed by atoms with Crippen molar-refractivity contribution in [2.45, 2.75) is 33.4 Å². The lowest BCUT2D eigenvalue weighted by atomic mass is 10.1. The standard InChI is InChI=1S/C17H19ClFNO/c1-11(2)21-15-5-7-17(12(3)8-15)20-10-13-9-14(18)4-6-16(13)19/h4-9,11,20H,10H2,1-3H3. The molecule has 0 saturated heterocycles. The van der Waals surface area contributed by atoms with E-state index >= 15 is 0 Å². The number of hydrogen-bond donors (Lipinski definition) is 1. The second-order valence-electron chi connectivity index (χ2n) is 5.23. The molecule has 0 heterocycles. The third-order valence-corrected chi connectivity index (χ3v) is 3.28. The second kappa shape index (κ2) is 6.81. The van der Waals surface area contributed by atoms with Gasteiger partial charge in [-0.15, -0.1) is 0 Å². The van der Waals surface area contributed by atoms with Crippen molar-refractivity contribution in [1.82, 2.24) is 0 Å². The van der Waals surface area contributed by atoms with E-state index in [-0.39, 0.29) is 11.9 Å². The molecule has 0 aliphatic carbocycles. The van der Waals surface area contributed by atoms with E-state index in [0.717, 1.165) is 17.0 Å². The molecule has 0 amide bonds. The van der Waals surface area contributed by atoms with Gasteiger partial charge in [-0.3, -0.25) is 0 Å². The zero-order valence-electron chi connectivity index (χ0n) is 12.4. The molecular formula is C17H19ClFNO. The van der Waals surface area contributed by atoms with Crippen LogP contribution in [0.2, 0.25) is 5.02 Å². The van der Waals surface area contributed by atoms with Crippen LogP contribution < -0.4 is 10.1 Å². The summed E-state index contributed by atoms with van der Waals surface area (Å²) in [7, 11) is 0. The molecule has 0 aliphatic rings. The normalized spacial score (nSPS) is 10.8. The Kier molecular flexibility index (Phi) is 5.07. The zero-order valence-corrected chi connectivity index (χ0v) is 13.2. The van der Waals surface area contributed by atoms with Gasteiger partial charge in [0.2, 0.25) is 0 Å². The van der Waals surface area contributed by atoms with Gasteiger partial charge < -0.3 is 10.1 Å². The molecule has 1 N–H and O–H groups in total. The molecule has 0 spiro atoms. The molecule has 4 heteroatoms. The van der Waals surface area contributed by atoms with E-state index in [1.165, 1.54) is 6.07 Å². The minimum atomic E-state index is -0.260. The van der Waals surface area contributed by atoms with Gasteiger partial charge in [-0.1, -0.05) is 11.6 Å². The molecule has 0 aliphatic heterocycles. The van der Waals surface area contributed by atoms with Crippen molar-refractivity contribution in [3.8, 4) is 5.75 Å². The predicted octanol–water partition coefficient (Wildman–Crippen LogP) is 5.19. The smallest absolute Gasteiger partial charge is 0.128 e. The highest BCUT2D eigenvalue weighted by Crippen LogP contribution is 2.23. The van der Waals surface area contributed by atoms with Crippen molar-refractivity contribution in [2.75, 3.05) is 5.32 Å². The number of aryl methyl sites for hydroxylation is 1. The van der Waals surface area contributed by atoms with Gasteiger partial charge in [0.1, 0.15) is 11.6 Å². The highest BCUT2D eigenvalue weighted by molar-refractivity contribution is 6.30. The first-order valence-electron chi connectivity index (χ1n) is 6.91. The van der Waals surface area contributed by atoms with Crippen molar-refractivity contribution in [3.05, 3.63) is 58.4 Å². The maximum Gasteiger partial charge on any atom is 0.128 e. The molecule has 0 fully saturated rings. The molecule has 0 saturated carbocycles. The Hall–Kier alpha value is -1.74. The minimum absolute atomic E-state index is 0.142. The largest absolute Gasteiger partial charge is 0.491 e. The molecule has 2 aromatic rings. The summed E-state index contributed by atoms with van der Waals surface area (Å²) >= 11 is 5.89. The predicted molar refractivity (Wildman–Crippen MR) is 85.7 cm³/mol. The Balaban J connectivity index is 2.08. The molecule has 112 valence electrons. The van der Waals surface area contributed by atoms with Crippen LogP contribution in [-0.4, -0.2) is 6.10 Å². The van der Waals surface area contributed by atoms with Gasteiger partial charge in [-0.05, 0) is 62.7 Å². The van der Waals surface area contributed by atoms with Crippen LogP contribution in [0, 0.1) is 12.7 Å². The van der Waals surface area contributed by atoms with Gasteiger partial charge in [-0.2, -0.15) is 0 Å². The third-order valence-electron chi connectivity index (χ3n) is 3.05. The van der Waals surface area contributed by atoms with E-state index in [9.17, 15) is 4.39 Å². The highest BCUT2D eigenvalue weighted by Gasteiger charge is 2.06. The Bertz CT molecular complexity index is 628. The number of halogens is 2. The van der Waals surface area contributed by atoms with Crippen LogP contribution in [0.3, 0.4) is 0 Å². The molecule has 21 heavy (non-hydrogen) atoms. The van der Waals surface area contributed by atoms with Gasteiger partial charge in [0, 0.05) is 22.8 Å². The first-order valence-corrected chi connectivity index (χ1v) is 7.28. The summed E-state index contributed by atoms with van der Waals surface area (Å²) in [6.07, 6.45) is 0.142. The van der Waals surface area contributed by atoms with Crippen molar-refractivity contribution in [3.63, 3.8) is 0 Å². The lowest BCUT2D eigenvalue weighted by molar-refractivity contribution is 0.242. The van der Waals surface area contributed by atoms with Gasteiger partial charge in [0.25, 0.3) is 0 Å². The Morgan fingerprint density at radius 2 is 1.95 bits per heavy atom. The number of anilines is 1. The van der Waals surface area contributed by atoms with E-state index in [1.807, 2.05) is 39.0 Å². The average molecular weight is 308 g/mol. The van der Waals surface area contributed by atoms with E-state index in [0.29, 0.717) is 17.1 Å². The van der Waals surface area contributed by atoms with Crippen LogP contribution >= 0.6 is 11.6 Å². The molecule has 2 rings (SSSR count). The van der Waals surface area contributed by atoms with Gasteiger partial charge in [0.15, 0.2) is 0 Å². The lowest BCUT2D eigenvalue weighted by Crippen LogP contribution is -2.07. The fraction of sp³-hybridized carbons (Fsp3) is 0.294. The maximum absolute atomic E-state index is 13.7. The van der Waals surface area contributed by atoms with E-state index in [2.05, 4.69) is 5.32 Å². The zero-order chi connectivity index (χ0) is 15.4. The first kappa shape index (κ1) is 15.6. The monoisotopic (exact) mass is 307 g/mol. The quantitative estimate of drug-likeness (QED) is 0.821. The fourth-order valence-corrected chi connectivity index (χ4v) is 2.24. The molecule has 2 nitrogen and oxygen atoms in total. The summed E-state index contributed by atoms with van der Waals surface area (Å²) in [5.41, 5.74) is 2.55. The number of ether oxygens (including phenoxy) is 1. The van der Waals surface area contributed by atoms with Crippen LogP contribution in [0.4, 0.5) is 10.1 Å². The minimum Gasteiger partial charge on any atom is -0.491 e.